The lowest BCUT2D eigenvalue weighted by molar-refractivity contribution is 0.344. The number of halogens is 1. The molecule has 20 heavy (non-hydrogen) atoms. The van der Waals surface area contributed by atoms with E-state index in [0.717, 1.165) is 23.3 Å². The van der Waals surface area contributed by atoms with Gasteiger partial charge in [-0.3, -0.25) is 0 Å². The molecule has 2 aromatic rings. The van der Waals surface area contributed by atoms with Gasteiger partial charge in [0.25, 0.3) is 0 Å². The number of benzene rings is 2. The summed E-state index contributed by atoms with van der Waals surface area (Å²) in [6, 6.07) is 12.6. The Morgan fingerprint density at radius 1 is 1.25 bits per heavy atom. The Labute approximate surface area is 118 Å². The van der Waals surface area contributed by atoms with Crippen LogP contribution in [0.2, 0.25) is 0 Å². The number of ether oxygens (including phenoxy) is 1. The van der Waals surface area contributed by atoms with Gasteiger partial charge in [0.05, 0.1) is 12.1 Å². The Hall–Kier alpha value is -1.87. The molecule has 0 radical (unpaired) electrons. The van der Waals surface area contributed by atoms with Crippen LogP contribution in [0.5, 0.6) is 5.75 Å². The molecule has 0 saturated carbocycles. The maximum atomic E-state index is 13.5. The molecular weight excluding hydrogens is 253 g/mol. The first-order valence-corrected chi connectivity index (χ1v) is 6.95. The summed E-state index contributed by atoms with van der Waals surface area (Å²) in [4.78, 5) is 0. The molecule has 1 heterocycles. The number of para-hydroxylation sites is 1. The van der Waals surface area contributed by atoms with Crippen LogP contribution < -0.4 is 10.5 Å². The second kappa shape index (κ2) is 4.91. The normalized spacial score (nSPS) is 16.4. The average molecular weight is 271 g/mol. The summed E-state index contributed by atoms with van der Waals surface area (Å²) in [5, 5.41) is 0. The summed E-state index contributed by atoms with van der Waals surface area (Å²) in [5.74, 6) is 0.611. The standard InChI is InChI=1S/C17H18FNO/c1-2-17(19,13-6-4-7-14(18)11-13)15-8-3-5-12-9-10-20-16(12)15/h3-8,11H,2,9-10,19H2,1H3. The van der Waals surface area contributed by atoms with Crippen molar-refractivity contribution >= 4 is 0 Å². The van der Waals surface area contributed by atoms with Crippen molar-refractivity contribution in [2.75, 3.05) is 6.61 Å². The van der Waals surface area contributed by atoms with E-state index in [1.165, 1.54) is 17.7 Å². The topological polar surface area (TPSA) is 35.2 Å². The zero-order valence-electron chi connectivity index (χ0n) is 11.5. The molecular formula is C17H18FNO. The monoisotopic (exact) mass is 271 g/mol. The Bertz CT molecular complexity index is 641. The highest BCUT2D eigenvalue weighted by molar-refractivity contribution is 5.51. The van der Waals surface area contributed by atoms with Gasteiger partial charge in [-0.2, -0.15) is 0 Å². The molecule has 1 aliphatic heterocycles. The Balaban J connectivity index is 2.16. The van der Waals surface area contributed by atoms with Crippen LogP contribution >= 0.6 is 0 Å². The van der Waals surface area contributed by atoms with E-state index in [1.807, 2.05) is 25.1 Å². The Morgan fingerprint density at radius 2 is 2.05 bits per heavy atom. The quantitative estimate of drug-likeness (QED) is 0.929. The SMILES string of the molecule is CCC(N)(c1cccc(F)c1)c1cccc2c1OCC2. The molecule has 1 unspecified atom stereocenters. The van der Waals surface area contributed by atoms with Crippen molar-refractivity contribution in [3.63, 3.8) is 0 Å². The molecule has 0 saturated heterocycles. The minimum absolute atomic E-state index is 0.265. The molecule has 104 valence electrons. The van der Waals surface area contributed by atoms with Gasteiger partial charge in [-0.1, -0.05) is 37.3 Å². The van der Waals surface area contributed by atoms with E-state index < -0.39 is 5.54 Å². The molecule has 0 fully saturated rings. The van der Waals surface area contributed by atoms with Crippen LogP contribution in [-0.2, 0) is 12.0 Å². The number of fused-ring (bicyclic) bond motifs is 1. The zero-order chi connectivity index (χ0) is 14.2. The zero-order valence-corrected chi connectivity index (χ0v) is 11.5. The van der Waals surface area contributed by atoms with E-state index in [4.69, 9.17) is 10.5 Å². The van der Waals surface area contributed by atoms with Gasteiger partial charge in [0.1, 0.15) is 11.6 Å². The highest BCUT2D eigenvalue weighted by Gasteiger charge is 2.33. The predicted octanol–water partition coefficient (Wildman–Crippen LogP) is 3.37. The average Bonchev–Trinajstić information content (AvgIpc) is 2.94. The van der Waals surface area contributed by atoms with Crippen molar-refractivity contribution in [2.45, 2.75) is 25.3 Å². The first-order valence-electron chi connectivity index (χ1n) is 6.95. The fourth-order valence-electron chi connectivity index (χ4n) is 2.88. The van der Waals surface area contributed by atoms with Gasteiger partial charge >= 0.3 is 0 Å². The minimum atomic E-state index is -0.724. The summed E-state index contributed by atoms with van der Waals surface area (Å²) in [5.41, 5.74) is 8.82. The molecule has 1 aliphatic rings. The third-order valence-electron chi connectivity index (χ3n) is 4.09. The third kappa shape index (κ3) is 1.98. The van der Waals surface area contributed by atoms with Crippen LogP contribution in [0, 0.1) is 5.82 Å². The van der Waals surface area contributed by atoms with Crippen molar-refractivity contribution in [1.82, 2.24) is 0 Å². The maximum Gasteiger partial charge on any atom is 0.128 e. The van der Waals surface area contributed by atoms with Gasteiger partial charge in [0, 0.05) is 12.0 Å². The van der Waals surface area contributed by atoms with Crippen molar-refractivity contribution in [3.8, 4) is 5.75 Å². The number of hydrogen-bond donors (Lipinski definition) is 1. The van der Waals surface area contributed by atoms with Crippen LogP contribution in [0.4, 0.5) is 4.39 Å². The Morgan fingerprint density at radius 3 is 2.80 bits per heavy atom. The van der Waals surface area contributed by atoms with Gasteiger partial charge in [0.15, 0.2) is 0 Å². The summed E-state index contributed by atoms with van der Waals surface area (Å²) in [6.45, 7) is 2.70. The van der Waals surface area contributed by atoms with Gasteiger partial charge in [-0.25, -0.2) is 4.39 Å². The van der Waals surface area contributed by atoms with Gasteiger partial charge in [0.2, 0.25) is 0 Å². The lowest BCUT2D eigenvalue weighted by atomic mass is 9.80. The van der Waals surface area contributed by atoms with Crippen LogP contribution in [0.25, 0.3) is 0 Å². The van der Waals surface area contributed by atoms with E-state index in [-0.39, 0.29) is 5.82 Å². The van der Waals surface area contributed by atoms with Gasteiger partial charge in [-0.05, 0) is 29.7 Å². The predicted molar refractivity (Wildman–Crippen MR) is 77.3 cm³/mol. The lowest BCUT2D eigenvalue weighted by Crippen LogP contribution is -2.37. The first-order chi connectivity index (χ1) is 9.65. The fourth-order valence-corrected chi connectivity index (χ4v) is 2.88. The smallest absolute Gasteiger partial charge is 0.128 e. The Kier molecular flexibility index (Phi) is 3.22. The molecule has 3 heteroatoms. The second-order valence-electron chi connectivity index (χ2n) is 5.23. The van der Waals surface area contributed by atoms with E-state index in [2.05, 4.69) is 6.07 Å². The van der Waals surface area contributed by atoms with E-state index >= 15 is 0 Å². The largest absolute Gasteiger partial charge is 0.493 e. The molecule has 0 aromatic heterocycles. The highest BCUT2D eigenvalue weighted by Crippen LogP contribution is 2.40. The summed E-state index contributed by atoms with van der Waals surface area (Å²) < 4.78 is 19.3. The van der Waals surface area contributed by atoms with Crippen molar-refractivity contribution in [3.05, 3.63) is 65.0 Å². The highest BCUT2D eigenvalue weighted by atomic mass is 19.1. The molecule has 2 N–H and O–H groups in total. The molecule has 0 spiro atoms. The van der Waals surface area contributed by atoms with Crippen LogP contribution in [0.1, 0.15) is 30.0 Å². The second-order valence-corrected chi connectivity index (χ2v) is 5.23. The minimum Gasteiger partial charge on any atom is -0.493 e. The van der Waals surface area contributed by atoms with Crippen LogP contribution in [0.15, 0.2) is 42.5 Å². The number of rotatable bonds is 3. The van der Waals surface area contributed by atoms with Gasteiger partial charge < -0.3 is 10.5 Å². The first kappa shape index (κ1) is 13.1. The maximum absolute atomic E-state index is 13.5. The van der Waals surface area contributed by atoms with Crippen LogP contribution in [-0.4, -0.2) is 6.61 Å². The van der Waals surface area contributed by atoms with Crippen molar-refractivity contribution < 1.29 is 9.13 Å². The van der Waals surface area contributed by atoms with Crippen LogP contribution in [0.3, 0.4) is 0 Å². The number of hydrogen-bond acceptors (Lipinski definition) is 2. The summed E-state index contributed by atoms with van der Waals surface area (Å²) >= 11 is 0. The lowest BCUT2D eigenvalue weighted by Gasteiger charge is -2.31. The molecule has 2 aromatic carbocycles. The molecule has 0 aliphatic carbocycles. The van der Waals surface area contributed by atoms with E-state index in [0.29, 0.717) is 13.0 Å². The van der Waals surface area contributed by atoms with Crippen molar-refractivity contribution in [1.29, 1.82) is 0 Å². The van der Waals surface area contributed by atoms with E-state index in [9.17, 15) is 4.39 Å². The molecule has 2 nitrogen and oxygen atoms in total. The molecule has 1 atom stereocenters. The molecule has 3 rings (SSSR count). The number of nitrogens with two attached hydrogens (primary N) is 1. The van der Waals surface area contributed by atoms with Gasteiger partial charge in [-0.15, -0.1) is 0 Å². The molecule has 0 amide bonds. The summed E-state index contributed by atoms with van der Waals surface area (Å²) in [6.07, 6.45) is 1.59. The van der Waals surface area contributed by atoms with Crippen molar-refractivity contribution in [2.24, 2.45) is 5.73 Å². The van der Waals surface area contributed by atoms with E-state index in [1.54, 1.807) is 6.07 Å². The fraction of sp³-hybridized carbons (Fsp3) is 0.294. The summed E-state index contributed by atoms with van der Waals surface area (Å²) in [7, 11) is 0. The molecule has 0 bridgehead atoms. The third-order valence-corrected chi connectivity index (χ3v) is 4.09.